The van der Waals surface area contributed by atoms with Gasteiger partial charge in [-0.15, -0.1) is 0 Å². The average Bonchev–Trinajstić information content (AvgIpc) is 2.67. The summed E-state index contributed by atoms with van der Waals surface area (Å²) in [6, 6.07) is 8.74. The van der Waals surface area contributed by atoms with Crippen LogP contribution in [0.3, 0.4) is 0 Å². The van der Waals surface area contributed by atoms with Crippen LogP contribution in [-0.2, 0) is 9.59 Å². The molecule has 1 heterocycles. The summed E-state index contributed by atoms with van der Waals surface area (Å²) < 4.78 is 39.1. The van der Waals surface area contributed by atoms with Crippen LogP contribution in [0, 0.1) is 23.4 Å². The molecule has 0 bridgehead atoms. The molecule has 3 rings (SSSR count). The van der Waals surface area contributed by atoms with E-state index in [-0.39, 0.29) is 35.8 Å². The van der Waals surface area contributed by atoms with Gasteiger partial charge < -0.3 is 10.6 Å². The molecule has 2 aromatic rings. The first kappa shape index (κ1) is 19.9. The Bertz CT molecular complexity index is 850. The third kappa shape index (κ3) is 5.32. The second kappa shape index (κ2) is 8.88. The highest BCUT2D eigenvalue weighted by Gasteiger charge is 2.26. The van der Waals surface area contributed by atoms with E-state index in [1.807, 2.05) is 4.90 Å². The highest BCUT2D eigenvalue weighted by molar-refractivity contribution is 5.93. The molecule has 2 aromatic carbocycles. The van der Waals surface area contributed by atoms with E-state index < -0.39 is 11.6 Å². The summed E-state index contributed by atoms with van der Waals surface area (Å²) in [6.45, 7) is 1.30. The van der Waals surface area contributed by atoms with Crippen LogP contribution in [0.25, 0.3) is 0 Å². The molecule has 0 aromatic heterocycles. The maximum atomic E-state index is 13.2. The van der Waals surface area contributed by atoms with Gasteiger partial charge in [0.2, 0.25) is 11.8 Å². The number of amides is 2. The van der Waals surface area contributed by atoms with Crippen molar-refractivity contribution in [2.45, 2.75) is 12.8 Å². The van der Waals surface area contributed by atoms with Crippen molar-refractivity contribution < 1.29 is 22.8 Å². The van der Waals surface area contributed by atoms with E-state index >= 15 is 0 Å². The Morgan fingerprint density at radius 2 is 1.54 bits per heavy atom. The topological polar surface area (TPSA) is 61.4 Å². The van der Waals surface area contributed by atoms with Crippen LogP contribution in [0.1, 0.15) is 12.8 Å². The molecule has 0 spiro atoms. The second-order valence-electron chi connectivity index (χ2n) is 6.72. The molecule has 1 fully saturated rings. The van der Waals surface area contributed by atoms with E-state index in [4.69, 9.17) is 0 Å². The Balaban J connectivity index is 1.44. The molecular formula is C20H20F3N3O2. The summed E-state index contributed by atoms with van der Waals surface area (Å²) in [4.78, 5) is 26.3. The number of piperidine rings is 1. The lowest BCUT2D eigenvalue weighted by Crippen LogP contribution is -2.41. The summed E-state index contributed by atoms with van der Waals surface area (Å²) in [7, 11) is 0. The number of rotatable bonds is 5. The van der Waals surface area contributed by atoms with Gasteiger partial charge in [-0.3, -0.25) is 14.5 Å². The van der Waals surface area contributed by atoms with Gasteiger partial charge in [0.15, 0.2) is 11.6 Å². The molecule has 1 aliphatic heterocycles. The number of benzene rings is 2. The Hall–Kier alpha value is -2.87. The molecule has 5 nitrogen and oxygen atoms in total. The smallest absolute Gasteiger partial charge is 0.238 e. The summed E-state index contributed by atoms with van der Waals surface area (Å²) in [5.74, 6) is -3.08. The molecular weight excluding hydrogens is 371 g/mol. The van der Waals surface area contributed by atoms with E-state index in [1.54, 1.807) is 0 Å². The number of hydrogen-bond donors (Lipinski definition) is 2. The number of nitrogens with zero attached hydrogens (tertiary/aromatic N) is 1. The van der Waals surface area contributed by atoms with Crippen molar-refractivity contribution in [3.8, 4) is 0 Å². The Morgan fingerprint density at radius 3 is 2.18 bits per heavy atom. The normalized spacial score (nSPS) is 15.2. The maximum absolute atomic E-state index is 13.2. The third-order valence-electron chi connectivity index (χ3n) is 4.64. The molecule has 0 aliphatic carbocycles. The highest BCUT2D eigenvalue weighted by atomic mass is 19.2. The summed E-state index contributed by atoms with van der Waals surface area (Å²) in [5.41, 5.74) is 0.734. The van der Waals surface area contributed by atoms with E-state index in [0.29, 0.717) is 31.6 Å². The average molecular weight is 391 g/mol. The lowest BCUT2D eigenvalue weighted by molar-refractivity contribution is -0.121. The first-order chi connectivity index (χ1) is 13.4. The van der Waals surface area contributed by atoms with Crippen molar-refractivity contribution in [3.63, 3.8) is 0 Å². The van der Waals surface area contributed by atoms with E-state index in [1.165, 1.54) is 30.3 Å². The van der Waals surface area contributed by atoms with Crippen LogP contribution < -0.4 is 10.6 Å². The van der Waals surface area contributed by atoms with Crippen molar-refractivity contribution in [2.24, 2.45) is 5.92 Å². The van der Waals surface area contributed by atoms with E-state index in [0.717, 1.165) is 12.1 Å². The number of halogens is 3. The van der Waals surface area contributed by atoms with Crippen molar-refractivity contribution in [1.82, 2.24) is 4.90 Å². The molecule has 2 N–H and O–H groups in total. The molecule has 0 saturated carbocycles. The van der Waals surface area contributed by atoms with Crippen LogP contribution in [0.4, 0.5) is 24.5 Å². The van der Waals surface area contributed by atoms with E-state index in [2.05, 4.69) is 10.6 Å². The quantitative estimate of drug-likeness (QED) is 0.821. The fourth-order valence-electron chi connectivity index (χ4n) is 3.11. The monoisotopic (exact) mass is 391 g/mol. The lowest BCUT2D eigenvalue weighted by atomic mass is 9.96. The lowest BCUT2D eigenvalue weighted by Gasteiger charge is -2.30. The molecule has 8 heteroatoms. The Labute approximate surface area is 160 Å². The fourth-order valence-corrected chi connectivity index (χ4v) is 3.11. The fraction of sp³-hybridized carbons (Fsp3) is 0.300. The second-order valence-corrected chi connectivity index (χ2v) is 6.72. The van der Waals surface area contributed by atoms with Crippen molar-refractivity contribution in [2.75, 3.05) is 30.3 Å². The third-order valence-corrected chi connectivity index (χ3v) is 4.64. The molecule has 0 radical (unpaired) electrons. The van der Waals surface area contributed by atoms with Gasteiger partial charge in [0.1, 0.15) is 5.82 Å². The zero-order chi connectivity index (χ0) is 20.1. The van der Waals surface area contributed by atoms with Crippen molar-refractivity contribution in [1.29, 1.82) is 0 Å². The number of hydrogen-bond acceptors (Lipinski definition) is 3. The molecule has 1 saturated heterocycles. The predicted octanol–water partition coefficient (Wildman–Crippen LogP) is 3.39. The maximum Gasteiger partial charge on any atom is 0.238 e. The predicted molar refractivity (Wildman–Crippen MR) is 99.2 cm³/mol. The van der Waals surface area contributed by atoms with Gasteiger partial charge in [0.25, 0.3) is 0 Å². The summed E-state index contributed by atoms with van der Waals surface area (Å²) >= 11 is 0. The van der Waals surface area contributed by atoms with Gasteiger partial charge in [-0.1, -0.05) is 0 Å². The Kier molecular flexibility index (Phi) is 6.30. The molecule has 0 atom stereocenters. The zero-order valence-electron chi connectivity index (χ0n) is 15.1. The van der Waals surface area contributed by atoms with Gasteiger partial charge in [0.05, 0.1) is 6.54 Å². The van der Waals surface area contributed by atoms with Crippen molar-refractivity contribution >= 4 is 23.2 Å². The minimum absolute atomic E-state index is 0.175. The van der Waals surface area contributed by atoms with Gasteiger partial charge in [0, 0.05) is 23.4 Å². The molecule has 0 unspecified atom stereocenters. The Morgan fingerprint density at radius 1 is 0.893 bits per heavy atom. The summed E-state index contributed by atoms with van der Waals surface area (Å²) in [6.07, 6.45) is 1.11. The SMILES string of the molecule is O=C(CN1CCC(C(=O)Nc2ccc(F)c(F)c2)CC1)Nc1ccc(F)cc1. The first-order valence-electron chi connectivity index (χ1n) is 8.94. The van der Waals surface area contributed by atoms with Crippen LogP contribution in [0.15, 0.2) is 42.5 Å². The molecule has 1 aliphatic rings. The minimum Gasteiger partial charge on any atom is -0.326 e. The standard InChI is InChI=1S/C20H20F3N3O2/c21-14-1-3-15(4-2-14)24-19(27)12-26-9-7-13(8-10-26)20(28)25-16-5-6-17(22)18(23)11-16/h1-6,11,13H,7-10,12H2,(H,24,27)(H,25,28). The number of anilines is 2. The highest BCUT2D eigenvalue weighted by Crippen LogP contribution is 2.20. The molecule has 148 valence electrons. The number of carbonyl (C=O) groups is 2. The van der Waals surface area contributed by atoms with Gasteiger partial charge in [-0.2, -0.15) is 0 Å². The largest absolute Gasteiger partial charge is 0.326 e. The van der Waals surface area contributed by atoms with Crippen LogP contribution in [0.2, 0.25) is 0 Å². The van der Waals surface area contributed by atoms with E-state index in [9.17, 15) is 22.8 Å². The van der Waals surface area contributed by atoms with Crippen LogP contribution in [-0.4, -0.2) is 36.3 Å². The first-order valence-corrected chi connectivity index (χ1v) is 8.94. The number of carbonyl (C=O) groups excluding carboxylic acids is 2. The molecule has 28 heavy (non-hydrogen) atoms. The zero-order valence-corrected chi connectivity index (χ0v) is 15.1. The van der Waals surface area contributed by atoms with Crippen LogP contribution in [0.5, 0.6) is 0 Å². The number of nitrogens with one attached hydrogen (secondary N) is 2. The van der Waals surface area contributed by atoms with Crippen LogP contribution >= 0.6 is 0 Å². The van der Waals surface area contributed by atoms with Crippen molar-refractivity contribution in [3.05, 3.63) is 59.9 Å². The number of likely N-dealkylation sites (tertiary alicyclic amines) is 1. The van der Waals surface area contributed by atoms with Gasteiger partial charge in [-0.05, 0) is 62.3 Å². The summed E-state index contributed by atoms with van der Waals surface area (Å²) in [5, 5.41) is 5.30. The molecule has 2 amide bonds. The van der Waals surface area contributed by atoms with Gasteiger partial charge in [-0.25, -0.2) is 13.2 Å². The van der Waals surface area contributed by atoms with Gasteiger partial charge >= 0.3 is 0 Å². The minimum atomic E-state index is -1.01.